The summed E-state index contributed by atoms with van der Waals surface area (Å²) in [5, 5.41) is 6.22. The van der Waals surface area contributed by atoms with Gasteiger partial charge in [0.1, 0.15) is 11.8 Å². The molecular weight excluding hydrogens is 338 g/mol. The fourth-order valence-electron chi connectivity index (χ4n) is 3.32. The van der Waals surface area contributed by atoms with Crippen molar-refractivity contribution in [3.05, 3.63) is 48.5 Å². The standard InChI is InChI=1S/C22H29N3O2/c1-3-27-21-10-6-5-9-20(21)23-17(2)22(26)24-18-11-13-19(14-12-18)25-15-7-4-8-16-25/h5-6,9-14,17,23H,3-4,7-8,15-16H2,1-2H3,(H,24,26)/t17-/m1/s1. The number of rotatable bonds is 7. The van der Waals surface area contributed by atoms with Crippen LogP contribution in [-0.2, 0) is 4.79 Å². The number of nitrogens with one attached hydrogen (secondary N) is 2. The van der Waals surface area contributed by atoms with E-state index < -0.39 is 0 Å². The molecule has 5 heteroatoms. The molecular formula is C22H29N3O2. The molecule has 1 saturated heterocycles. The van der Waals surface area contributed by atoms with E-state index in [2.05, 4.69) is 27.7 Å². The summed E-state index contributed by atoms with van der Waals surface area (Å²) in [5.74, 6) is 0.678. The van der Waals surface area contributed by atoms with E-state index in [1.54, 1.807) is 0 Å². The van der Waals surface area contributed by atoms with Crippen molar-refractivity contribution < 1.29 is 9.53 Å². The molecule has 1 fully saturated rings. The molecule has 0 radical (unpaired) electrons. The summed E-state index contributed by atoms with van der Waals surface area (Å²) in [5.41, 5.74) is 2.86. The molecule has 1 aliphatic rings. The average Bonchev–Trinajstić information content (AvgIpc) is 2.71. The smallest absolute Gasteiger partial charge is 0.246 e. The molecule has 0 bridgehead atoms. The molecule has 2 N–H and O–H groups in total. The quantitative estimate of drug-likeness (QED) is 0.756. The fourth-order valence-corrected chi connectivity index (χ4v) is 3.32. The molecule has 0 saturated carbocycles. The number of hydrogen-bond acceptors (Lipinski definition) is 4. The summed E-state index contributed by atoms with van der Waals surface area (Å²) in [6.45, 7) is 6.61. The van der Waals surface area contributed by atoms with Crippen molar-refractivity contribution in [2.45, 2.75) is 39.2 Å². The molecule has 0 aromatic heterocycles. The van der Waals surface area contributed by atoms with Gasteiger partial charge in [-0.15, -0.1) is 0 Å². The Labute approximate surface area is 161 Å². The average molecular weight is 367 g/mol. The Morgan fingerprint density at radius 1 is 1.07 bits per heavy atom. The number of carbonyl (C=O) groups excluding carboxylic acids is 1. The summed E-state index contributed by atoms with van der Waals surface area (Å²) >= 11 is 0. The summed E-state index contributed by atoms with van der Waals surface area (Å²) in [6, 6.07) is 15.4. The van der Waals surface area contributed by atoms with E-state index in [4.69, 9.17) is 4.74 Å². The Morgan fingerprint density at radius 2 is 1.78 bits per heavy atom. The van der Waals surface area contributed by atoms with Crippen LogP contribution in [0.15, 0.2) is 48.5 Å². The van der Waals surface area contributed by atoms with Gasteiger partial charge in [0.2, 0.25) is 5.91 Å². The molecule has 0 spiro atoms. The minimum atomic E-state index is -0.381. The first-order chi connectivity index (χ1) is 13.2. The van der Waals surface area contributed by atoms with Gasteiger partial charge in [0.25, 0.3) is 0 Å². The van der Waals surface area contributed by atoms with Gasteiger partial charge in [0.15, 0.2) is 0 Å². The normalized spacial score (nSPS) is 15.1. The Morgan fingerprint density at radius 3 is 2.48 bits per heavy atom. The van der Waals surface area contributed by atoms with E-state index in [1.165, 1.54) is 24.9 Å². The largest absolute Gasteiger partial charge is 0.492 e. The molecule has 0 aliphatic carbocycles. The molecule has 2 aromatic rings. The number of carbonyl (C=O) groups is 1. The lowest BCUT2D eigenvalue weighted by Crippen LogP contribution is -2.32. The molecule has 1 heterocycles. The molecule has 1 atom stereocenters. The lowest BCUT2D eigenvalue weighted by Gasteiger charge is -2.28. The van der Waals surface area contributed by atoms with Crippen molar-refractivity contribution in [3.63, 3.8) is 0 Å². The lowest BCUT2D eigenvalue weighted by molar-refractivity contribution is -0.116. The highest BCUT2D eigenvalue weighted by Gasteiger charge is 2.15. The highest BCUT2D eigenvalue weighted by atomic mass is 16.5. The minimum absolute atomic E-state index is 0.0768. The van der Waals surface area contributed by atoms with Crippen LogP contribution >= 0.6 is 0 Å². The number of hydrogen-bond donors (Lipinski definition) is 2. The van der Waals surface area contributed by atoms with Crippen LogP contribution in [0.25, 0.3) is 0 Å². The van der Waals surface area contributed by atoms with Gasteiger partial charge in [-0.1, -0.05) is 12.1 Å². The fraction of sp³-hybridized carbons (Fsp3) is 0.409. The van der Waals surface area contributed by atoms with Crippen molar-refractivity contribution >= 4 is 23.0 Å². The molecule has 3 rings (SSSR count). The monoisotopic (exact) mass is 367 g/mol. The van der Waals surface area contributed by atoms with Gasteiger partial charge in [-0.05, 0) is 69.5 Å². The number of piperidine rings is 1. The number of benzene rings is 2. The van der Waals surface area contributed by atoms with Crippen molar-refractivity contribution in [2.75, 3.05) is 35.2 Å². The Balaban J connectivity index is 1.58. The van der Waals surface area contributed by atoms with Crippen molar-refractivity contribution in [2.24, 2.45) is 0 Å². The third-order valence-corrected chi connectivity index (χ3v) is 4.81. The predicted molar refractivity (Wildman–Crippen MR) is 112 cm³/mol. The van der Waals surface area contributed by atoms with Gasteiger partial charge in [0, 0.05) is 24.5 Å². The van der Waals surface area contributed by atoms with Crippen LogP contribution < -0.4 is 20.3 Å². The molecule has 5 nitrogen and oxygen atoms in total. The first-order valence-corrected chi connectivity index (χ1v) is 9.81. The molecule has 144 valence electrons. The third kappa shape index (κ3) is 5.16. The third-order valence-electron chi connectivity index (χ3n) is 4.81. The topological polar surface area (TPSA) is 53.6 Å². The Bertz CT molecular complexity index is 739. The van der Waals surface area contributed by atoms with Crippen LogP contribution in [0.5, 0.6) is 5.75 Å². The van der Waals surface area contributed by atoms with Crippen LogP contribution in [-0.4, -0.2) is 31.6 Å². The SMILES string of the molecule is CCOc1ccccc1N[C@H](C)C(=O)Nc1ccc(N2CCCCC2)cc1. The maximum Gasteiger partial charge on any atom is 0.246 e. The second kappa shape index (κ2) is 9.31. The van der Waals surface area contributed by atoms with E-state index in [0.717, 1.165) is 30.2 Å². The first kappa shape index (κ1) is 19.1. The lowest BCUT2D eigenvalue weighted by atomic mass is 10.1. The number of nitrogens with zero attached hydrogens (tertiary/aromatic N) is 1. The second-order valence-corrected chi connectivity index (χ2v) is 6.88. The van der Waals surface area contributed by atoms with E-state index in [0.29, 0.717) is 6.61 Å². The van der Waals surface area contributed by atoms with Crippen LogP contribution in [0, 0.1) is 0 Å². The van der Waals surface area contributed by atoms with E-state index in [1.807, 2.05) is 50.2 Å². The first-order valence-electron chi connectivity index (χ1n) is 9.81. The minimum Gasteiger partial charge on any atom is -0.492 e. The van der Waals surface area contributed by atoms with Gasteiger partial charge >= 0.3 is 0 Å². The second-order valence-electron chi connectivity index (χ2n) is 6.88. The van der Waals surface area contributed by atoms with E-state index in [9.17, 15) is 4.79 Å². The van der Waals surface area contributed by atoms with Gasteiger partial charge < -0.3 is 20.3 Å². The summed E-state index contributed by atoms with van der Waals surface area (Å²) in [7, 11) is 0. The maximum absolute atomic E-state index is 12.5. The zero-order valence-electron chi connectivity index (χ0n) is 16.2. The molecule has 1 aliphatic heterocycles. The highest BCUT2D eigenvalue weighted by Crippen LogP contribution is 2.25. The summed E-state index contributed by atoms with van der Waals surface area (Å²) in [4.78, 5) is 15.0. The molecule has 0 unspecified atom stereocenters. The van der Waals surface area contributed by atoms with E-state index >= 15 is 0 Å². The van der Waals surface area contributed by atoms with Crippen LogP contribution in [0.4, 0.5) is 17.1 Å². The zero-order chi connectivity index (χ0) is 19.1. The maximum atomic E-state index is 12.5. The van der Waals surface area contributed by atoms with Crippen LogP contribution in [0.1, 0.15) is 33.1 Å². The number of anilines is 3. The highest BCUT2D eigenvalue weighted by molar-refractivity contribution is 5.96. The molecule has 1 amide bonds. The summed E-state index contributed by atoms with van der Waals surface area (Å²) in [6.07, 6.45) is 3.83. The number of amides is 1. The molecule has 2 aromatic carbocycles. The zero-order valence-corrected chi connectivity index (χ0v) is 16.2. The number of ether oxygens (including phenoxy) is 1. The van der Waals surface area contributed by atoms with E-state index in [-0.39, 0.29) is 11.9 Å². The van der Waals surface area contributed by atoms with Gasteiger partial charge in [-0.3, -0.25) is 4.79 Å². The Kier molecular flexibility index (Phi) is 6.58. The summed E-state index contributed by atoms with van der Waals surface area (Å²) < 4.78 is 5.61. The van der Waals surface area contributed by atoms with Crippen molar-refractivity contribution in [1.29, 1.82) is 0 Å². The van der Waals surface area contributed by atoms with Gasteiger partial charge in [-0.25, -0.2) is 0 Å². The molecule has 27 heavy (non-hydrogen) atoms. The predicted octanol–water partition coefficient (Wildman–Crippen LogP) is 4.51. The van der Waals surface area contributed by atoms with Gasteiger partial charge in [-0.2, -0.15) is 0 Å². The van der Waals surface area contributed by atoms with Crippen molar-refractivity contribution in [3.8, 4) is 5.75 Å². The van der Waals surface area contributed by atoms with Crippen LogP contribution in [0.3, 0.4) is 0 Å². The number of para-hydroxylation sites is 2. The van der Waals surface area contributed by atoms with Crippen molar-refractivity contribution in [1.82, 2.24) is 0 Å². The van der Waals surface area contributed by atoms with Gasteiger partial charge in [0.05, 0.1) is 12.3 Å². The van der Waals surface area contributed by atoms with Crippen LogP contribution in [0.2, 0.25) is 0 Å². The Hall–Kier alpha value is -2.69.